The minimum Gasteiger partial charge on any atom is -0.493 e. The average molecular weight is 306 g/mol. The maximum absolute atomic E-state index is 12.1. The molecule has 1 aromatic carbocycles. The number of alkyl halides is 3. The first-order valence-electron chi connectivity index (χ1n) is 6.23. The fourth-order valence-electron chi connectivity index (χ4n) is 1.90. The minimum absolute atomic E-state index is 0.161. The van der Waals surface area contributed by atoms with Crippen LogP contribution in [0.15, 0.2) is 12.1 Å². The second-order valence-electron chi connectivity index (χ2n) is 4.27. The van der Waals surface area contributed by atoms with Crippen LogP contribution in [-0.4, -0.2) is 33.3 Å². The number of carbonyl (C=O) groups excluding carboxylic acids is 1. The summed E-state index contributed by atoms with van der Waals surface area (Å²) in [5.74, 6) is 0.341. The first-order chi connectivity index (χ1) is 9.84. The first-order valence-corrected chi connectivity index (χ1v) is 6.23. The van der Waals surface area contributed by atoms with Gasteiger partial charge in [-0.3, -0.25) is 4.79 Å². The van der Waals surface area contributed by atoms with E-state index in [1.807, 2.05) is 0 Å². The molecule has 0 aliphatic rings. The Morgan fingerprint density at radius 3 is 2.14 bits per heavy atom. The van der Waals surface area contributed by atoms with Crippen molar-refractivity contribution in [1.82, 2.24) is 0 Å². The maximum atomic E-state index is 12.1. The Morgan fingerprint density at radius 1 is 1.05 bits per heavy atom. The summed E-state index contributed by atoms with van der Waals surface area (Å²) in [4.78, 5) is 12.0. The van der Waals surface area contributed by atoms with Crippen LogP contribution in [0.4, 0.5) is 13.2 Å². The summed E-state index contributed by atoms with van der Waals surface area (Å²) in [7, 11) is 4.17. The summed E-state index contributed by atoms with van der Waals surface area (Å²) < 4.78 is 51.6. The topological polar surface area (TPSA) is 44.8 Å². The summed E-state index contributed by atoms with van der Waals surface area (Å²) in [6, 6.07) is 2.97. The summed E-state index contributed by atoms with van der Waals surface area (Å²) in [5.41, 5.74) is 0.178. The highest BCUT2D eigenvalue weighted by Crippen LogP contribution is 2.40. The molecular weight excluding hydrogens is 289 g/mol. The third-order valence-electron chi connectivity index (χ3n) is 2.87. The number of benzene rings is 1. The summed E-state index contributed by atoms with van der Waals surface area (Å²) >= 11 is 0. The van der Waals surface area contributed by atoms with Gasteiger partial charge in [-0.1, -0.05) is 0 Å². The Bertz CT molecular complexity index is 498. The van der Waals surface area contributed by atoms with E-state index in [0.717, 1.165) is 0 Å². The van der Waals surface area contributed by atoms with Crippen LogP contribution < -0.4 is 14.2 Å². The molecule has 0 aliphatic heterocycles. The molecule has 4 nitrogen and oxygen atoms in total. The number of hydrogen-bond acceptors (Lipinski definition) is 4. The molecule has 0 heterocycles. The van der Waals surface area contributed by atoms with Crippen molar-refractivity contribution in [2.75, 3.05) is 21.3 Å². The highest BCUT2D eigenvalue weighted by atomic mass is 19.4. The molecule has 0 amide bonds. The van der Waals surface area contributed by atoms with Gasteiger partial charge in [0.05, 0.1) is 26.9 Å². The third kappa shape index (κ3) is 4.54. The molecule has 0 N–H and O–H groups in total. The van der Waals surface area contributed by atoms with E-state index >= 15 is 0 Å². The fourth-order valence-corrected chi connectivity index (χ4v) is 1.90. The Hall–Kier alpha value is -1.92. The molecule has 0 aliphatic carbocycles. The number of rotatable bonds is 7. The monoisotopic (exact) mass is 306 g/mol. The van der Waals surface area contributed by atoms with E-state index in [4.69, 9.17) is 14.2 Å². The van der Waals surface area contributed by atoms with Gasteiger partial charge in [-0.2, -0.15) is 13.2 Å². The van der Waals surface area contributed by atoms with E-state index in [0.29, 0.717) is 5.75 Å². The van der Waals surface area contributed by atoms with Crippen molar-refractivity contribution < 1.29 is 32.2 Å². The average Bonchev–Trinajstić information content (AvgIpc) is 2.43. The number of ether oxygens (including phenoxy) is 3. The van der Waals surface area contributed by atoms with Gasteiger partial charge in [0.2, 0.25) is 5.75 Å². The lowest BCUT2D eigenvalue weighted by atomic mass is 10.0. The van der Waals surface area contributed by atoms with E-state index in [-0.39, 0.29) is 29.9 Å². The molecule has 1 rings (SSSR count). The zero-order valence-corrected chi connectivity index (χ0v) is 12.0. The van der Waals surface area contributed by atoms with E-state index in [1.165, 1.54) is 33.5 Å². The zero-order chi connectivity index (χ0) is 16.0. The van der Waals surface area contributed by atoms with Crippen molar-refractivity contribution >= 4 is 5.78 Å². The predicted molar refractivity (Wildman–Crippen MR) is 70.3 cm³/mol. The van der Waals surface area contributed by atoms with Gasteiger partial charge in [-0.05, 0) is 18.6 Å². The highest BCUT2D eigenvalue weighted by molar-refractivity contribution is 5.99. The summed E-state index contributed by atoms with van der Waals surface area (Å²) in [6.07, 6.45) is -5.73. The Morgan fingerprint density at radius 2 is 1.67 bits per heavy atom. The SMILES string of the molecule is COc1ccc(C(=O)CCCC(F)(F)F)c(OC)c1OC. The lowest BCUT2D eigenvalue weighted by Gasteiger charge is -2.15. The van der Waals surface area contributed by atoms with Gasteiger partial charge >= 0.3 is 6.18 Å². The Balaban J connectivity index is 2.94. The largest absolute Gasteiger partial charge is 0.493 e. The lowest BCUT2D eigenvalue weighted by Crippen LogP contribution is -2.09. The lowest BCUT2D eigenvalue weighted by molar-refractivity contribution is -0.135. The maximum Gasteiger partial charge on any atom is 0.389 e. The van der Waals surface area contributed by atoms with E-state index in [1.54, 1.807) is 0 Å². The normalized spacial score (nSPS) is 11.1. The second kappa shape index (κ2) is 7.19. The molecule has 0 unspecified atom stereocenters. The van der Waals surface area contributed by atoms with Crippen molar-refractivity contribution in [3.05, 3.63) is 17.7 Å². The number of carbonyl (C=O) groups is 1. The minimum atomic E-state index is -4.26. The molecule has 0 saturated carbocycles. The van der Waals surface area contributed by atoms with Gasteiger partial charge in [0.25, 0.3) is 0 Å². The quantitative estimate of drug-likeness (QED) is 0.722. The Labute approximate surface area is 120 Å². The molecule has 118 valence electrons. The highest BCUT2D eigenvalue weighted by Gasteiger charge is 2.27. The van der Waals surface area contributed by atoms with E-state index in [2.05, 4.69) is 0 Å². The van der Waals surface area contributed by atoms with Crippen LogP contribution in [0.1, 0.15) is 29.6 Å². The fraction of sp³-hybridized carbons (Fsp3) is 0.500. The van der Waals surface area contributed by atoms with Gasteiger partial charge in [0.15, 0.2) is 17.3 Å². The molecule has 0 fully saturated rings. The third-order valence-corrected chi connectivity index (χ3v) is 2.87. The molecule has 0 aromatic heterocycles. The van der Waals surface area contributed by atoms with Gasteiger partial charge in [-0.25, -0.2) is 0 Å². The van der Waals surface area contributed by atoms with Crippen molar-refractivity contribution in [3.8, 4) is 17.2 Å². The van der Waals surface area contributed by atoms with Gasteiger partial charge < -0.3 is 14.2 Å². The van der Waals surface area contributed by atoms with Crippen LogP contribution in [0.5, 0.6) is 17.2 Å². The van der Waals surface area contributed by atoms with Crippen LogP contribution in [-0.2, 0) is 0 Å². The van der Waals surface area contributed by atoms with E-state index in [9.17, 15) is 18.0 Å². The van der Waals surface area contributed by atoms with Gasteiger partial charge in [0, 0.05) is 12.8 Å². The molecule has 0 spiro atoms. The number of Topliss-reactive ketones (excluding diaryl/α,β-unsaturated/α-hetero) is 1. The second-order valence-corrected chi connectivity index (χ2v) is 4.27. The van der Waals surface area contributed by atoms with E-state index < -0.39 is 18.4 Å². The number of halogens is 3. The van der Waals surface area contributed by atoms with Crippen molar-refractivity contribution in [3.63, 3.8) is 0 Å². The van der Waals surface area contributed by atoms with Crippen LogP contribution in [0.3, 0.4) is 0 Å². The van der Waals surface area contributed by atoms with Crippen LogP contribution in [0, 0.1) is 0 Å². The number of methoxy groups -OCH3 is 3. The smallest absolute Gasteiger partial charge is 0.389 e. The predicted octanol–water partition coefficient (Wildman–Crippen LogP) is 3.63. The Kier molecular flexibility index (Phi) is 5.87. The molecule has 1 aromatic rings. The van der Waals surface area contributed by atoms with Gasteiger partial charge in [0.1, 0.15) is 0 Å². The molecule has 0 radical (unpaired) electrons. The standard InChI is InChI=1S/C14H17F3O4/c1-19-11-7-6-9(12(20-2)13(11)21-3)10(18)5-4-8-14(15,16)17/h6-7H,4-5,8H2,1-3H3. The van der Waals surface area contributed by atoms with Crippen LogP contribution >= 0.6 is 0 Å². The molecule has 0 saturated heterocycles. The molecule has 21 heavy (non-hydrogen) atoms. The zero-order valence-electron chi connectivity index (χ0n) is 12.0. The summed E-state index contributed by atoms with van der Waals surface area (Å²) in [5, 5.41) is 0. The molecule has 0 atom stereocenters. The van der Waals surface area contributed by atoms with Gasteiger partial charge in [-0.15, -0.1) is 0 Å². The van der Waals surface area contributed by atoms with Crippen LogP contribution in [0.25, 0.3) is 0 Å². The van der Waals surface area contributed by atoms with Crippen LogP contribution in [0.2, 0.25) is 0 Å². The molecular formula is C14H17F3O4. The molecule has 0 bridgehead atoms. The number of ketones is 1. The summed E-state index contributed by atoms with van der Waals surface area (Å²) in [6.45, 7) is 0. The number of hydrogen-bond donors (Lipinski definition) is 0. The molecule has 7 heteroatoms. The van der Waals surface area contributed by atoms with Crippen molar-refractivity contribution in [2.45, 2.75) is 25.4 Å². The van der Waals surface area contributed by atoms with Crippen molar-refractivity contribution in [1.29, 1.82) is 0 Å². The first kappa shape index (κ1) is 17.1. The van der Waals surface area contributed by atoms with Crippen molar-refractivity contribution in [2.24, 2.45) is 0 Å².